The molecule has 2 N–H and O–H groups in total. The lowest BCUT2D eigenvalue weighted by Crippen LogP contribution is -2.10. The van der Waals surface area contributed by atoms with Crippen molar-refractivity contribution in [3.63, 3.8) is 0 Å². The number of rotatable bonds is 4. The molecule has 0 saturated carbocycles. The van der Waals surface area contributed by atoms with Crippen molar-refractivity contribution in [1.29, 1.82) is 0 Å². The van der Waals surface area contributed by atoms with E-state index in [0.29, 0.717) is 23.7 Å². The molecule has 5 heteroatoms. The molecule has 0 atom stereocenters. The van der Waals surface area contributed by atoms with Crippen LogP contribution in [0.1, 0.15) is 5.89 Å². The maximum absolute atomic E-state index is 9.62. The fourth-order valence-corrected chi connectivity index (χ4v) is 1.36. The highest BCUT2D eigenvalue weighted by Crippen LogP contribution is 2.25. The predicted octanol–water partition coefficient (Wildman–Crippen LogP) is 1.20. The van der Waals surface area contributed by atoms with Gasteiger partial charge in [0.05, 0.1) is 5.56 Å². The van der Waals surface area contributed by atoms with Crippen molar-refractivity contribution in [2.45, 2.75) is 6.42 Å². The molecule has 5 nitrogen and oxygen atoms in total. The van der Waals surface area contributed by atoms with Gasteiger partial charge in [-0.1, -0.05) is 17.3 Å². The molecule has 0 saturated heterocycles. The molecular weight excluding hydrogens is 206 g/mol. The Bertz CT molecular complexity index is 468. The maximum Gasteiger partial charge on any atom is 0.228 e. The topological polar surface area (TPSA) is 71.2 Å². The fraction of sp³-hybridized carbons (Fsp3) is 0.273. The minimum absolute atomic E-state index is 0.156. The van der Waals surface area contributed by atoms with Gasteiger partial charge in [-0.2, -0.15) is 4.98 Å². The van der Waals surface area contributed by atoms with E-state index in [1.54, 1.807) is 18.2 Å². The molecule has 0 bridgehead atoms. The highest BCUT2D eigenvalue weighted by Gasteiger charge is 2.10. The summed E-state index contributed by atoms with van der Waals surface area (Å²) in [5.74, 6) is 1.14. The monoisotopic (exact) mass is 219 g/mol. The second kappa shape index (κ2) is 4.76. The Morgan fingerprint density at radius 1 is 1.38 bits per heavy atom. The van der Waals surface area contributed by atoms with Crippen LogP contribution in [0.3, 0.4) is 0 Å². The Hall–Kier alpha value is -1.88. The second-order valence-electron chi connectivity index (χ2n) is 3.38. The van der Waals surface area contributed by atoms with Crippen LogP contribution < -0.4 is 5.32 Å². The highest BCUT2D eigenvalue weighted by molar-refractivity contribution is 5.62. The van der Waals surface area contributed by atoms with Crippen LogP contribution in [0.5, 0.6) is 5.75 Å². The summed E-state index contributed by atoms with van der Waals surface area (Å²) in [4.78, 5) is 4.20. The Labute approximate surface area is 93.1 Å². The number of nitrogens with zero attached hydrogens (tertiary/aromatic N) is 2. The van der Waals surface area contributed by atoms with Crippen LogP contribution in [0.15, 0.2) is 28.8 Å². The Morgan fingerprint density at radius 3 is 2.94 bits per heavy atom. The van der Waals surface area contributed by atoms with Crippen molar-refractivity contribution in [1.82, 2.24) is 15.5 Å². The Kier molecular flexibility index (Phi) is 3.16. The molecule has 0 aliphatic heterocycles. The first-order chi connectivity index (χ1) is 7.81. The van der Waals surface area contributed by atoms with Gasteiger partial charge in [0, 0.05) is 13.0 Å². The smallest absolute Gasteiger partial charge is 0.228 e. The molecule has 1 aromatic heterocycles. The molecule has 0 radical (unpaired) electrons. The molecule has 16 heavy (non-hydrogen) atoms. The van der Waals surface area contributed by atoms with E-state index in [2.05, 4.69) is 15.5 Å². The van der Waals surface area contributed by atoms with Gasteiger partial charge in [-0.15, -0.1) is 0 Å². The molecule has 0 aliphatic rings. The zero-order chi connectivity index (χ0) is 11.4. The fourth-order valence-electron chi connectivity index (χ4n) is 1.36. The van der Waals surface area contributed by atoms with Crippen LogP contribution in [0.2, 0.25) is 0 Å². The van der Waals surface area contributed by atoms with Crippen LogP contribution >= 0.6 is 0 Å². The summed E-state index contributed by atoms with van der Waals surface area (Å²) in [5.41, 5.74) is 0.585. The number of para-hydroxylation sites is 1. The van der Waals surface area contributed by atoms with Crippen molar-refractivity contribution in [3.05, 3.63) is 30.2 Å². The summed E-state index contributed by atoms with van der Waals surface area (Å²) in [6.07, 6.45) is 0.678. The molecule has 84 valence electrons. The molecule has 2 rings (SSSR count). The zero-order valence-electron chi connectivity index (χ0n) is 8.97. The van der Waals surface area contributed by atoms with Gasteiger partial charge in [0.25, 0.3) is 0 Å². The predicted molar refractivity (Wildman–Crippen MR) is 59.0 cm³/mol. The van der Waals surface area contributed by atoms with Gasteiger partial charge in [0.2, 0.25) is 11.7 Å². The van der Waals surface area contributed by atoms with Gasteiger partial charge < -0.3 is 14.9 Å². The molecule has 0 amide bonds. The summed E-state index contributed by atoms with van der Waals surface area (Å²) < 4.78 is 5.06. The van der Waals surface area contributed by atoms with E-state index < -0.39 is 0 Å². The summed E-state index contributed by atoms with van der Waals surface area (Å²) in [7, 11) is 1.86. The molecule has 0 spiro atoms. The van der Waals surface area contributed by atoms with E-state index in [1.165, 1.54) is 0 Å². The Morgan fingerprint density at radius 2 is 2.19 bits per heavy atom. The lowest BCUT2D eigenvalue weighted by Gasteiger charge is -1.96. The number of likely N-dealkylation sites (N-methyl/N-ethyl adjacent to an activating group) is 1. The van der Waals surface area contributed by atoms with Gasteiger partial charge in [-0.05, 0) is 19.2 Å². The molecule has 1 aromatic carbocycles. The van der Waals surface area contributed by atoms with E-state index in [1.807, 2.05) is 13.1 Å². The van der Waals surface area contributed by atoms with Crippen molar-refractivity contribution >= 4 is 0 Å². The SMILES string of the molecule is CNCCc1nc(-c2ccccc2O)no1. The van der Waals surface area contributed by atoms with Gasteiger partial charge in [-0.3, -0.25) is 0 Å². The minimum Gasteiger partial charge on any atom is -0.507 e. The third-order valence-corrected chi connectivity index (χ3v) is 2.20. The average Bonchev–Trinajstić information content (AvgIpc) is 2.75. The average molecular weight is 219 g/mol. The number of hydrogen-bond donors (Lipinski definition) is 2. The van der Waals surface area contributed by atoms with E-state index in [4.69, 9.17) is 4.52 Å². The summed E-state index contributed by atoms with van der Waals surface area (Å²) >= 11 is 0. The molecule has 1 heterocycles. The van der Waals surface area contributed by atoms with Gasteiger partial charge in [-0.25, -0.2) is 0 Å². The summed E-state index contributed by atoms with van der Waals surface area (Å²) in [6, 6.07) is 6.92. The number of phenols is 1. The first kappa shape index (κ1) is 10.6. The third-order valence-electron chi connectivity index (χ3n) is 2.20. The maximum atomic E-state index is 9.62. The first-order valence-corrected chi connectivity index (χ1v) is 5.07. The Balaban J connectivity index is 2.22. The number of aromatic hydroxyl groups is 1. The van der Waals surface area contributed by atoms with E-state index in [-0.39, 0.29) is 5.75 Å². The lowest BCUT2D eigenvalue weighted by molar-refractivity contribution is 0.377. The van der Waals surface area contributed by atoms with Crippen LogP contribution in [0, 0.1) is 0 Å². The van der Waals surface area contributed by atoms with Crippen molar-refractivity contribution in [3.8, 4) is 17.1 Å². The second-order valence-corrected chi connectivity index (χ2v) is 3.38. The minimum atomic E-state index is 0.156. The molecule has 0 unspecified atom stereocenters. The normalized spacial score (nSPS) is 10.6. The number of phenolic OH excluding ortho intramolecular Hbond substituents is 1. The lowest BCUT2D eigenvalue weighted by atomic mass is 10.2. The van der Waals surface area contributed by atoms with Crippen LogP contribution in [0.25, 0.3) is 11.4 Å². The van der Waals surface area contributed by atoms with Crippen LogP contribution in [0.4, 0.5) is 0 Å². The third kappa shape index (κ3) is 2.20. The highest BCUT2D eigenvalue weighted by atomic mass is 16.5. The van der Waals surface area contributed by atoms with Crippen molar-refractivity contribution in [2.75, 3.05) is 13.6 Å². The number of benzene rings is 1. The van der Waals surface area contributed by atoms with Gasteiger partial charge >= 0.3 is 0 Å². The van der Waals surface area contributed by atoms with E-state index >= 15 is 0 Å². The van der Waals surface area contributed by atoms with E-state index in [9.17, 15) is 5.11 Å². The molecule has 0 aliphatic carbocycles. The molecule has 0 fully saturated rings. The van der Waals surface area contributed by atoms with Gasteiger partial charge in [0.15, 0.2) is 0 Å². The number of hydrogen-bond acceptors (Lipinski definition) is 5. The van der Waals surface area contributed by atoms with Crippen molar-refractivity contribution in [2.24, 2.45) is 0 Å². The molecular formula is C11H13N3O2. The zero-order valence-corrected chi connectivity index (χ0v) is 8.97. The van der Waals surface area contributed by atoms with Crippen LogP contribution in [-0.4, -0.2) is 28.8 Å². The summed E-state index contributed by atoms with van der Waals surface area (Å²) in [6.45, 7) is 0.780. The number of aromatic nitrogens is 2. The molecule has 2 aromatic rings. The van der Waals surface area contributed by atoms with Crippen molar-refractivity contribution < 1.29 is 9.63 Å². The van der Waals surface area contributed by atoms with Gasteiger partial charge in [0.1, 0.15) is 5.75 Å². The van der Waals surface area contributed by atoms with Crippen LogP contribution in [-0.2, 0) is 6.42 Å². The largest absolute Gasteiger partial charge is 0.507 e. The first-order valence-electron chi connectivity index (χ1n) is 5.07. The number of nitrogens with one attached hydrogen (secondary N) is 1. The quantitative estimate of drug-likeness (QED) is 0.808. The summed E-state index contributed by atoms with van der Waals surface area (Å²) in [5, 5.41) is 16.4. The standard InChI is InChI=1S/C11H13N3O2/c1-12-7-6-10-13-11(14-16-10)8-4-2-3-5-9(8)15/h2-5,12,15H,6-7H2,1H3. The van der Waals surface area contributed by atoms with E-state index in [0.717, 1.165) is 6.54 Å².